The zero-order chi connectivity index (χ0) is 11.1. The Labute approximate surface area is 90.9 Å². The minimum Gasteiger partial charge on any atom is -0.396 e. The van der Waals surface area contributed by atoms with E-state index in [0.717, 1.165) is 19.3 Å². The third kappa shape index (κ3) is 2.07. The number of aromatic amines is 1. The quantitative estimate of drug-likeness (QED) is 0.798. The van der Waals surface area contributed by atoms with Crippen LogP contribution in [0.1, 0.15) is 44.9 Å². The number of aliphatic hydroxyl groups excluding tert-OH is 1. The molecule has 84 valence electrons. The molecular weight excluding hydrogens is 188 g/mol. The number of nitrogens with one attached hydrogen (secondary N) is 1. The van der Waals surface area contributed by atoms with Crippen molar-refractivity contribution in [2.24, 2.45) is 5.41 Å². The summed E-state index contributed by atoms with van der Waals surface area (Å²) in [6.07, 6.45) is 5.18. The van der Waals surface area contributed by atoms with Crippen molar-refractivity contribution in [3.8, 4) is 0 Å². The molecule has 0 saturated heterocycles. The van der Waals surface area contributed by atoms with Gasteiger partial charge in [-0.05, 0) is 30.2 Å². The highest BCUT2D eigenvalue weighted by molar-refractivity contribution is 5.26. The lowest BCUT2D eigenvalue weighted by molar-refractivity contribution is 0.210. The van der Waals surface area contributed by atoms with Gasteiger partial charge in [-0.3, -0.25) is 5.10 Å². The van der Waals surface area contributed by atoms with Crippen LogP contribution in [-0.4, -0.2) is 21.9 Å². The Morgan fingerprint density at radius 1 is 1.47 bits per heavy atom. The maximum Gasteiger partial charge on any atom is 0.0522 e. The molecule has 1 aliphatic rings. The topological polar surface area (TPSA) is 48.9 Å². The molecule has 2 rings (SSSR count). The standard InChI is InChI=1S/C12H20N2O/c1-11(2,3)10-9(7-13-14-10)6-12(8-15)4-5-12/h7,15H,4-6,8H2,1-3H3,(H,13,14). The first-order valence-electron chi connectivity index (χ1n) is 5.60. The molecule has 0 radical (unpaired) electrons. The van der Waals surface area contributed by atoms with Gasteiger partial charge in [0.15, 0.2) is 0 Å². The monoisotopic (exact) mass is 208 g/mol. The first kappa shape index (κ1) is 10.7. The SMILES string of the molecule is CC(C)(C)c1[nH]ncc1CC1(CO)CC1. The molecule has 1 fully saturated rings. The third-order valence-corrected chi connectivity index (χ3v) is 3.33. The van der Waals surface area contributed by atoms with Crippen molar-refractivity contribution in [3.05, 3.63) is 17.5 Å². The fraction of sp³-hybridized carbons (Fsp3) is 0.750. The van der Waals surface area contributed by atoms with Crippen LogP contribution in [0.4, 0.5) is 0 Å². The number of hydrogen-bond acceptors (Lipinski definition) is 2. The average molecular weight is 208 g/mol. The fourth-order valence-corrected chi connectivity index (χ4v) is 2.07. The molecule has 1 aromatic rings. The normalized spacial score (nSPS) is 19.2. The highest BCUT2D eigenvalue weighted by atomic mass is 16.3. The number of rotatable bonds is 3. The van der Waals surface area contributed by atoms with E-state index in [-0.39, 0.29) is 10.8 Å². The molecule has 1 heterocycles. The smallest absolute Gasteiger partial charge is 0.0522 e. The maximum atomic E-state index is 9.32. The molecule has 3 heteroatoms. The van der Waals surface area contributed by atoms with Crippen LogP contribution < -0.4 is 0 Å². The summed E-state index contributed by atoms with van der Waals surface area (Å²) in [4.78, 5) is 0. The Kier molecular flexibility index (Phi) is 2.38. The number of H-pyrrole nitrogens is 1. The van der Waals surface area contributed by atoms with Gasteiger partial charge < -0.3 is 5.11 Å². The Morgan fingerprint density at radius 2 is 2.13 bits per heavy atom. The third-order valence-electron chi connectivity index (χ3n) is 3.33. The molecule has 1 saturated carbocycles. The summed E-state index contributed by atoms with van der Waals surface area (Å²) in [6.45, 7) is 6.86. The van der Waals surface area contributed by atoms with Crippen molar-refractivity contribution >= 4 is 0 Å². The molecule has 3 nitrogen and oxygen atoms in total. The van der Waals surface area contributed by atoms with Gasteiger partial charge in [0.1, 0.15) is 0 Å². The van der Waals surface area contributed by atoms with Gasteiger partial charge in [-0.25, -0.2) is 0 Å². The molecule has 0 aromatic carbocycles. The predicted octanol–water partition coefficient (Wildman–Crippen LogP) is 2.02. The molecule has 1 aliphatic carbocycles. The van der Waals surface area contributed by atoms with E-state index in [1.54, 1.807) is 0 Å². The van der Waals surface area contributed by atoms with Gasteiger partial charge in [0.05, 0.1) is 6.20 Å². The molecule has 15 heavy (non-hydrogen) atoms. The van der Waals surface area contributed by atoms with Gasteiger partial charge >= 0.3 is 0 Å². The van der Waals surface area contributed by atoms with Gasteiger partial charge in [-0.15, -0.1) is 0 Å². The van der Waals surface area contributed by atoms with Crippen LogP contribution in [0.2, 0.25) is 0 Å². The Bertz CT molecular complexity index is 345. The molecule has 0 amide bonds. The second-order valence-electron chi connectivity index (χ2n) is 5.86. The van der Waals surface area contributed by atoms with E-state index in [1.165, 1.54) is 11.3 Å². The fourth-order valence-electron chi connectivity index (χ4n) is 2.07. The summed E-state index contributed by atoms with van der Waals surface area (Å²) in [7, 11) is 0. The largest absolute Gasteiger partial charge is 0.396 e. The van der Waals surface area contributed by atoms with Gasteiger partial charge in [0.25, 0.3) is 0 Å². The predicted molar refractivity (Wildman–Crippen MR) is 59.7 cm³/mol. The zero-order valence-corrected chi connectivity index (χ0v) is 9.80. The summed E-state index contributed by atoms with van der Waals surface area (Å²) < 4.78 is 0. The zero-order valence-electron chi connectivity index (χ0n) is 9.80. The van der Waals surface area contributed by atoms with Crippen molar-refractivity contribution in [1.29, 1.82) is 0 Å². The van der Waals surface area contributed by atoms with E-state index in [9.17, 15) is 5.11 Å². The lowest BCUT2D eigenvalue weighted by Gasteiger charge is -2.20. The van der Waals surface area contributed by atoms with E-state index in [0.29, 0.717) is 6.61 Å². The number of nitrogens with zero attached hydrogens (tertiary/aromatic N) is 1. The summed E-state index contributed by atoms with van der Waals surface area (Å²) in [5.41, 5.74) is 2.76. The number of hydrogen-bond donors (Lipinski definition) is 2. The van der Waals surface area contributed by atoms with Crippen LogP contribution in [0.25, 0.3) is 0 Å². The van der Waals surface area contributed by atoms with Crippen molar-refractivity contribution < 1.29 is 5.11 Å². The van der Waals surface area contributed by atoms with Gasteiger partial charge in [-0.1, -0.05) is 20.8 Å². The van der Waals surface area contributed by atoms with Crippen LogP contribution in [0.5, 0.6) is 0 Å². The van der Waals surface area contributed by atoms with Crippen LogP contribution in [0.3, 0.4) is 0 Å². The lowest BCUT2D eigenvalue weighted by atomic mass is 9.86. The van der Waals surface area contributed by atoms with Crippen LogP contribution >= 0.6 is 0 Å². The number of aliphatic hydroxyl groups is 1. The summed E-state index contributed by atoms with van der Waals surface area (Å²) >= 11 is 0. The van der Waals surface area contributed by atoms with Crippen molar-refractivity contribution in [2.75, 3.05) is 6.61 Å². The Morgan fingerprint density at radius 3 is 2.60 bits per heavy atom. The summed E-state index contributed by atoms with van der Waals surface area (Å²) in [5.74, 6) is 0. The van der Waals surface area contributed by atoms with Crippen molar-refractivity contribution in [1.82, 2.24) is 10.2 Å². The molecule has 0 bridgehead atoms. The van der Waals surface area contributed by atoms with E-state index < -0.39 is 0 Å². The second-order valence-corrected chi connectivity index (χ2v) is 5.86. The Hall–Kier alpha value is -0.830. The minimum atomic E-state index is 0.109. The summed E-state index contributed by atoms with van der Waals surface area (Å²) in [5, 5.41) is 16.5. The first-order chi connectivity index (χ1) is 6.97. The van der Waals surface area contributed by atoms with Crippen molar-refractivity contribution in [2.45, 2.75) is 45.4 Å². The highest BCUT2D eigenvalue weighted by Crippen LogP contribution is 2.48. The van der Waals surface area contributed by atoms with E-state index >= 15 is 0 Å². The molecular formula is C12H20N2O. The van der Waals surface area contributed by atoms with E-state index in [4.69, 9.17) is 0 Å². The molecule has 1 aromatic heterocycles. The maximum absolute atomic E-state index is 9.32. The van der Waals surface area contributed by atoms with Crippen molar-refractivity contribution in [3.63, 3.8) is 0 Å². The van der Waals surface area contributed by atoms with Crippen LogP contribution in [-0.2, 0) is 11.8 Å². The lowest BCUT2D eigenvalue weighted by Crippen LogP contribution is -2.17. The van der Waals surface area contributed by atoms with Crippen LogP contribution in [0, 0.1) is 5.41 Å². The number of aromatic nitrogens is 2. The molecule has 2 N–H and O–H groups in total. The molecule has 0 spiro atoms. The van der Waals surface area contributed by atoms with Gasteiger partial charge in [0, 0.05) is 17.7 Å². The van der Waals surface area contributed by atoms with E-state index in [2.05, 4.69) is 31.0 Å². The van der Waals surface area contributed by atoms with Gasteiger partial charge in [0.2, 0.25) is 0 Å². The first-order valence-corrected chi connectivity index (χ1v) is 5.60. The van der Waals surface area contributed by atoms with E-state index in [1.807, 2.05) is 6.20 Å². The highest BCUT2D eigenvalue weighted by Gasteiger charge is 2.43. The molecule has 0 aliphatic heterocycles. The molecule has 0 unspecified atom stereocenters. The Balaban J connectivity index is 2.19. The minimum absolute atomic E-state index is 0.109. The average Bonchev–Trinajstić information content (AvgIpc) is 2.73. The van der Waals surface area contributed by atoms with Gasteiger partial charge in [-0.2, -0.15) is 5.10 Å². The second kappa shape index (κ2) is 3.34. The summed E-state index contributed by atoms with van der Waals surface area (Å²) in [6, 6.07) is 0. The molecule has 0 atom stereocenters. The van der Waals surface area contributed by atoms with Crippen LogP contribution in [0.15, 0.2) is 6.20 Å².